The summed E-state index contributed by atoms with van der Waals surface area (Å²) in [6, 6.07) is 15.8. The number of aldehydes is 1. The van der Waals surface area contributed by atoms with Crippen molar-refractivity contribution in [3.63, 3.8) is 0 Å². The molecule has 0 aliphatic carbocycles. The van der Waals surface area contributed by atoms with Crippen LogP contribution < -0.4 is 0 Å². The van der Waals surface area contributed by atoms with E-state index in [-0.39, 0.29) is 0 Å². The van der Waals surface area contributed by atoms with E-state index in [4.69, 9.17) is 0 Å². The monoisotopic (exact) mass is 325 g/mol. The third-order valence-electron chi connectivity index (χ3n) is 3.22. The van der Waals surface area contributed by atoms with Crippen LogP contribution in [0.15, 0.2) is 59.2 Å². The van der Waals surface area contributed by atoms with Gasteiger partial charge in [-0.1, -0.05) is 46.3 Å². The molecule has 0 amide bonds. The molecule has 0 bridgehead atoms. The van der Waals surface area contributed by atoms with Gasteiger partial charge in [0.15, 0.2) is 6.29 Å². The summed E-state index contributed by atoms with van der Waals surface area (Å²) in [7, 11) is 0. The number of carbonyl (C=O) groups excluding carboxylic acids is 1. The zero-order chi connectivity index (χ0) is 13.9. The Morgan fingerprint density at radius 3 is 2.55 bits per heavy atom. The van der Waals surface area contributed by atoms with E-state index in [2.05, 4.69) is 20.9 Å². The summed E-state index contributed by atoms with van der Waals surface area (Å²) in [6.45, 7) is 0. The fraction of sp³-hybridized carbons (Fsp3) is 0. The van der Waals surface area contributed by atoms with Crippen molar-refractivity contribution in [2.24, 2.45) is 0 Å². The molecule has 3 aromatic rings. The molecule has 1 N–H and O–H groups in total. The fourth-order valence-corrected chi connectivity index (χ4v) is 2.49. The molecule has 3 heteroatoms. The molecule has 0 fully saturated rings. The second-order valence-corrected chi connectivity index (χ2v) is 5.43. The number of fused-ring (bicyclic) bond motifs is 1. The van der Waals surface area contributed by atoms with Crippen molar-refractivity contribution >= 4 is 44.8 Å². The number of aromatic amines is 1. The maximum absolute atomic E-state index is 11.4. The summed E-state index contributed by atoms with van der Waals surface area (Å²) in [5.74, 6) is 0. The Morgan fingerprint density at radius 1 is 1.05 bits per heavy atom. The lowest BCUT2D eigenvalue weighted by Crippen LogP contribution is -1.84. The highest BCUT2D eigenvalue weighted by Gasteiger charge is 2.07. The molecule has 98 valence electrons. The second-order valence-electron chi connectivity index (χ2n) is 4.52. The molecular formula is C17H12BrNO. The van der Waals surface area contributed by atoms with Crippen LogP contribution in [0.2, 0.25) is 0 Å². The first-order valence-corrected chi connectivity index (χ1v) is 7.06. The topological polar surface area (TPSA) is 32.9 Å². The summed E-state index contributed by atoms with van der Waals surface area (Å²) in [6.07, 6.45) is 4.68. The van der Waals surface area contributed by atoms with Crippen LogP contribution in [-0.4, -0.2) is 11.3 Å². The van der Waals surface area contributed by atoms with Crippen LogP contribution in [-0.2, 0) is 4.79 Å². The van der Waals surface area contributed by atoms with Crippen molar-refractivity contribution in [3.8, 4) is 0 Å². The number of rotatable bonds is 3. The van der Waals surface area contributed by atoms with Crippen LogP contribution in [0.5, 0.6) is 0 Å². The average molecular weight is 326 g/mol. The number of hydrogen-bond donors (Lipinski definition) is 1. The van der Waals surface area contributed by atoms with E-state index < -0.39 is 0 Å². The SMILES string of the molecule is O=C/C(=C/c1ccc(Br)cc1)c1c[nH]c2ccccc12. The Hall–Kier alpha value is -2.13. The number of benzene rings is 2. The summed E-state index contributed by atoms with van der Waals surface area (Å²) in [5.41, 5.74) is 3.63. The molecular weight excluding hydrogens is 314 g/mol. The van der Waals surface area contributed by atoms with Crippen LogP contribution in [0.3, 0.4) is 0 Å². The maximum atomic E-state index is 11.4. The van der Waals surface area contributed by atoms with Crippen molar-refractivity contribution in [2.75, 3.05) is 0 Å². The van der Waals surface area contributed by atoms with Gasteiger partial charge in [0.2, 0.25) is 0 Å². The number of allylic oxidation sites excluding steroid dienone is 1. The Bertz CT molecular complexity index is 784. The van der Waals surface area contributed by atoms with Gasteiger partial charge in [-0.2, -0.15) is 0 Å². The van der Waals surface area contributed by atoms with E-state index in [0.29, 0.717) is 5.57 Å². The van der Waals surface area contributed by atoms with E-state index in [9.17, 15) is 4.79 Å². The summed E-state index contributed by atoms with van der Waals surface area (Å²) < 4.78 is 1.02. The standard InChI is InChI=1S/C17H12BrNO/c18-14-7-5-12(6-8-14)9-13(11-20)16-10-19-17-4-2-1-3-15(16)17/h1-11,19H/b13-9-. The quantitative estimate of drug-likeness (QED) is 0.551. The zero-order valence-electron chi connectivity index (χ0n) is 10.6. The van der Waals surface area contributed by atoms with Crippen molar-refractivity contribution in [1.29, 1.82) is 0 Å². The van der Waals surface area contributed by atoms with Crippen LogP contribution in [0.4, 0.5) is 0 Å². The number of H-pyrrole nitrogens is 1. The summed E-state index contributed by atoms with van der Waals surface area (Å²) >= 11 is 3.40. The lowest BCUT2D eigenvalue weighted by Gasteiger charge is -2.00. The molecule has 2 nitrogen and oxygen atoms in total. The second kappa shape index (κ2) is 5.47. The van der Waals surface area contributed by atoms with Gasteiger partial charge in [0.25, 0.3) is 0 Å². The van der Waals surface area contributed by atoms with Gasteiger partial charge >= 0.3 is 0 Å². The number of halogens is 1. The van der Waals surface area contributed by atoms with Gasteiger partial charge in [0, 0.05) is 32.7 Å². The van der Waals surface area contributed by atoms with Gasteiger partial charge in [0.05, 0.1) is 0 Å². The van der Waals surface area contributed by atoms with E-state index in [1.807, 2.05) is 60.8 Å². The van der Waals surface area contributed by atoms with E-state index in [1.54, 1.807) is 0 Å². The van der Waals surface area contributed by atoms with Crippen molar-refractivity contribution in [1.82, 2.24) is 4.98 Å². The summed E-state index contributed by atoms with van der Waals surface area (Å²) in [5, 5.41) is 1.06. The van der Waals surface area contributed by atoms with Crippen LogP contribution in [0.1, 0.15) is 11.1 Å². The normalized spacial score (nSPS) is 11.8. The molecule has 1 heterocycles. The first kappa shape index (κ1) is 12.9. The highest BCUT2D eigenvalue weighted by Crippen LogP contribution is 2.25. The lowest BCUT2D eigenvalue weighted by molar-refractivity contribution is -0.103. The predicted molar refractivity (Wildman–Crippen MR) is 86.4 cm³/mol. The van der Waals surface area contributed by atoms with E-state index in [1.165, 1.54) is 0 Å². The molecule has 3 rings (SSSR count). The largest absolute Gasteiger partial charge is 0.361 e. The molecule has 0 spiro atoms. The van der Waals surface area contributed by atoms with Crippen LogP contribution in [0.25, 0.3) is 22.6 Å². The predicted octanol–water partition coefficient (Wildman–Crippen LogP) is 4.67. The minimum Gasteiger partial charge on any atom is -0.361 e. The average Bonchev–Trinajstić information content (AvgIpc) is 2.91. The van der Waals surface area contributed by atoms with Gasteiger partial charge in [-0.3, -0.25) is 4.79 Å². The number of carbonyl (C=O) groups is 1. The Morgan fingerprint density at radius 2 is 1.80 bits per heavy atom. The molecule has 0 aliphatic rings. The lowest BCUT2D eigenvalue weighted by atomic mass is 10.0. The number of nitrogens with one attached hydrogen (secondary N) is 1. The summed E-state index contributed by atoms with van der Waals surface area (Å²) in [4.78, 5) is 14.6. The molecule has 0 atom stereocenters. The van der Waals surface area contributed by atoms with Gasteiger partial charge in [-0.15, -0.1) is 0 Å². The third kappa shape index (κ3) is 2.45. The Balaban J connectivity index is 2.09. The van der Waals surface area contributed by atoms with Crippen molar-refractivity contribution < 1.29 is 4.79 Å². The van der Waals surface area contributed by atoms with Crippen LogP contribution >= 0.6 is 15.9 Å². The highest BCUT2D eigenvalue weighted by molar-refractivity contribution is 9.10. The molecule has 0 saturated carbocycles. The first-order chi connectivity index (χ1) is 9.78. The maximum Gasteiger partial charge on any atom is 0.150 e. The molecule has 0 radical (unpaired) electrons. The number of hydrogen-bond acceptors (Lipinski definition) is 1. The minimum absolute atomic E-state index is 0.671. The Kier molecular flexibility index (Phi) is 3.52. The minimum atomic E-state index is 0.671. The van der Waals surface area contributed by atoms with Crippen molar-refractivity contribution in [3.05, 3.63) is 70.3 Å². The third-order valence-corrected chi connectivity index (χ3v) is 3.75. The smallest absolute Gasteiger partial charge is 0.150 e. The van der Waals surface area contributed by atoms with Crippen LogP contribution in [0, 0.1) is 0 Å². The van der Waals surface area contributed by atoms with E-state index >= 15 is 0 Å². The molecule has 20 heavy (non-hydrogen) atoms. The molecule has 2 aromatic carbocycles. The Labute approximate surface area is 125 Å². The van der Waals surface area contributed by atoms with E-state index in [0.717, 1.165) is 32.8 Å². The molecule has 1 aromatic heterocycles. The van der Waals surface area contributed by atoms with Gasteiger partial charge in [-0.05, 0) is 29.8 Å². The highest BCUT2D eigenvalue weighted by atomic mass is 79.9. The number of aromatic nitrogens is 1. The van der Waals surface area contributed by atoms with Crippen molar-refractivity contribution in [2.45, 2.75) is 0 Å². The number of para-hydroxylation sites is 1. The molecule has 0 saturated heterocycles. The zero-order valence-corrected chi connectivity index (χ0v) is 12.2. The fourth-order valence-electron chi connectivity index (χ4n) is 2.22. The van der Waals surface area contributed by atoms with Gasteiger partial charge in [-0.25, -0.2) is 0 Å². The first-order valence-electron chi connectivity index (χ1n) is 6.27. The molecule has 0 unspecified atom stereocenters. The van der Waals surface area contributed by atoms with Gasteiger partial charge in [0.1, 0.15) is 0 Å². The van der Waals surface area contributed by atoms with Gasteiger partial charge < -0.3 is 4.98 Å². The molecule has 0 aliphatic heterocycles.